The molecule has 27 heavy (non-hydrogen) atoms. The molecule has 1 heterocycles. The summed E-state index contributed by atoms with van der Waals surface area (Å²) in [6.07, 6.45) is 0. The minimum absolute atomic E-state index is 0.0571. The number of carbonyl (C=O) groups excluding carboxylic acids is 1. The van der Waals surface area contributed by atoms with Crippen molar-refractivity contribution in [3.8, 4) is 11.1 Å². The Balaban J connectivity index is 1.85. The fraction of sp³-hybridized carbons (Fsp3) is 0.263. The lowest BCUT2D eigenvalue weighted by molar-refractivity contribution is -0.139. The average Bonchev–Trinajstić information content (AvgIpc) is 3.09. The van der Waals surface area contributed by atoms with Crippen LogP contribution in [-0.2, 0) is 24.4 Å². The smallest absolute Gasteiger partial charge is 0.314 e. The van der Waals surface area contributed by atoms with Gasteiger partial charge in [-0.2, -0.15) is 0 Å². The van der Waals surface area contributed by atoms with Crippen LogP contribution in [0.1, 0.15) is 25.3 Å². The van der Waals surface area contributed by atoms with Crippen LogP contribution < -0.4 is 5.14 Å². The molecule has 0 aliphatic carbocycles. The molecule has 142 valence electrons. The molecule has 1 unspecified atom stereocenters. The second kappa shape index (κ2) is 7.50. The third-order valence-electron chi connectivity index (χ3n) is 4.18. The van der Waals surface area contributed by atoms with Gasteiger partial charge in [0.2, 0.25) is 15.9 Å². The Hall–Kier alpha value is -2.71. The molecule has 0 saturated heterocycles. The van der Waals surface area contributed by atoms with Crippen LogP contribution in [0.3, 0.4) is 0 Å². The van der Waals surface area contributed by atoms with Crippen LogP contribution in [0.4, 0.5) is 0 Å². The van der Waals surface area contributed by atoms with Crippen molar-refractivity contribution in [1.82, 2.24) is 0 Å². The number of nitrogens with zero attached hydrogens (tertiary/aromatic N) is 1. The first-order chi connectivity index (χ1) is 12.8. The summed E-state index contributed by atoms with van der Waals surface area (Å²) in [7, 11) is -3.73. The average molecular weight is 388 g/mol. The molecule has 0 bridgehead atoms. The predicted molar refractivity (Wildman–Crippen MR) is 100 cm³/mol. The van der Waals surface area contributed by atoms with Crippen LogP contribution in [0.2, 0.25) is 0 Å². The van der Waals surface area contributed by atoms with E-state index in [1.807, 2.05) is 24.3 Å². The van der Waals surface area contributed by atoms with Gasteiger partial charge >= 0.3 is 5.97 Å². The third-order valence-corrected chi connectivity index (χ3v) is 5.10. The number of benzene rings is 2. The Morgan fingerprint density at radius 3 is 2.52 bits per heavy atom. The minimum Gasteiger partial charge on any atom is -0.407 e. The maximum absolute atomic E-state index is 11.9. The summed E-state index contributed by atoms with van der Waals surface area (Å²) >= 11 is 0. The second-order valence-electron chi connectivity index (χ2n) is 6.55. The van der Waals surface area contributed by atoms with Gasteiger partial charge in [0.05, 0.1) is 10.8 Å². The summed E-state index contributed by atoms with van der Waals surface area (Å²) in [6, 6.07) is 13.9. The van der Waals surface area contributed by atoms with E-state index in [2.05, 4.69) is 5.16 Å². The fourth-order valence-corrected chi connectivity index (χ4v) is 3.15. The third kappa shape index (κ3) is 4.35. The molecule has 3 rings (SSSR count). The number of oxime groups is 1. The summed E-state index contributed by atoms with van der Waals surface area (Å²) in [5.74, 6) is -0.664. The topological polar surface area (TPSA) is 108 Å². The Labute approximate surface area is 157 Å². The Kier molecular flexibility index (Phi) is 5.29. The minimum atomic E-state index is -3.73. The number of rotatable bonds is 4. The molecule has 0 fully saturated rings. The number of nitrogens with two attached hydrogens (primary N) is 1. The quantitative estimate of drug-likeness (QED) is 0.810. The number of hydrogen-bond donors (Lipinski definition) is 1. The standard InChI is InChI=1S/C19H20N2O5S/c1-12(2)19(22)26-18-17(11-25-21-18)15-5-3-4-14(10-15)13-6-8-16(9-7-13)27(20,23)24/h3-10,12,17H,11H2,1-2H3,(H2,20,23,24). The number of ether oxygens (including phenoxy) is 1. The van der Waals surface area contributed by atoms with Crippen molar-refractivity contribution in [3.63, 3.8) is 0 Å². The maximum atomic E-state index is 11.9. The Bertz CT molecular complexity index is 981. The summed E-state index contributed by atoms with van der Waals surface area (Å²) in [5.41, 5.74) is 2.60. The zero-order valence-corrected chi connectivity index (χ0v) is 15.8. The van der Waals surface area contributed by atoms with E-state index in [4.69, 9.17) is 14.7 Å². The maximum Gasteiger partial charge on any atom is 0.314 e. The highest BCUT2D eigenvalue weighted by atomic mass is 32.2. The molecule has 1 aliphatic heterocycles. The van der Waals surface area contributed by atoms with Crippen molar-refractivity contribution in [3.05, 3.63) is 54.1 Å². The highest BCUT2D eigenvalue weighted by molar-refractivity contribution is 7.89. The van der Waals surface area contributed by atoms with E-state index < -0.39 is 10.0 Å². The van der Waals surface area contributed by atoms with Crippen LogP contribution in [0.5, 0.6) is 0 Å². The SMILES string of the molecule is CC(C)C(=O)OC1=NOCC1c1cccc(-c2ccc(S(N)(=O)=O)cc2)c1. The van der Waals surface area contributed by atoms with Crippen LogP contribution in [-0.4, -0.2) is 26.9 Å². The van der Waals surface area contributed by atoms with Crippen molar-refractivity contribution in [2.75, 3.05) is 6.61 Å². The van der Waals surface area contributed by atoms with Crippen molar-refractivity contribution >= 4 is 21.9 Å². The van der Waals surface area contributed by atoms with Gasteiger partial charge in [-0.1, -0.05) is 55.4 Å². The summed E-state index contributed by atoms with van der Waals surface area (Å²) in [5, 5.41) is 8.98. The molecule has 0 spiro atoms. The van der Waals surface area contributed by atoms with Crippen molar-refractivity contribution in [2.24, 2.45) is 16.2 Å². The van der Waals surface area contributed by atoms with Gasteiger partial charge in [0.15, 0.2) is 0 Å². The first kappa shape index (κ1) is 19.1. The molecule has 0 amide bonds. The predicted octanol–water partition coefficient (Wildman–Crippen LogP) is 2.63. The van der Waals surface area contributed by atoms with E-state index in [9.17, 15) is 13.2 Å². The largest absolute Gasteiger partial charge is 0.407 e. The molecular formula is C19H20N2O5S. The molecule has 0 radical (unpaired) electrons. The van der Waals surface area contributed by atoms with Crippen LogP contribution in [0, 0.1) is 5.92 Å². The van der Waals surface area contributed by atoms with Crippen molar-refractivity contribution < 1.29 is 22.8 Å². The van der Waals surface area contributed by atoms with Gasteiger partial charge in [-0.05, 0) is 28.8 Å². The summed E-state index contributed by atoms with van der Waals surface area (Å²) in [4.78, 5) is 17.0. The van der Waals surface area contributed by atoms with Gasteiger partial charge in [0, 0.05) is 0 Å². The summed E-state index contributed by atoms with van der Waals surface area (Å²) in [6.45, 7) is 3.79. The van der Waals surface area contributed by atoms with Gasteiger partial charge in [0.25, 0.3) is 0 Å². The molecule has 7 nitrogen and oxygen atoms in total. The Morgan fingerprint density at radius 1 is 1.19 bits per heavy atom. The van der Waals surface area contributed by atoms with Crippen LogP contribution >= 0.6 is 0 Å². The highest BCUT2D eigenvalue weighted by Crippen LogP contribution is 2.29. The number of primary sulfonamides is 1. The van der Waals surface area contributed by atoms with E-state index >= 15 is 0 Å². The number of carbonyl (C=O) groups is 1. The van der Waals surface area contributed by atoms with Gasteiger partial charge in [-0.15, -0.1) is 0 Å². The lowest BCUT2D eigenvalue weighted by atomic mass is 9.95. The zero-order chi connectivity index (χ0) is 19.6. The molecule has 0 aromatic heterocycles. The molecule has 1 atom stereocenters. The van der Waals surface area contributed by atoms with E-state index in [0.29, 0.717) is 0 Å². The molecule has 2 aromatic rings. The molecule has 0 saturated carbocycles. The van der Waals surface area contributed by atoms with Crippen molar-refractivity contribution in [1.29, 1.82) is 0 Å². The van der Waals surface area contributed by atoms with E-state index in [1.165, 1.54) is 12.1 Å². The van der Waals surface area contributed by atoms with Gasteiger partial charge in [-0.3, -0.25) is 4.79 Å². The number of sulfonamides is 1. The summed E-state index contributed by atoms with van der Waals surface area (Å²) < 4.78 is 28.1. The monoisotopic (exact) mass is 388 g/mol. The number of hydrogen-bond acceptors (Lipinski definition) is 6. The first-order valence-electron chi connectivity index (χ1n) is 8.40. The van der Waals surface area contributed by atoms with E-state index in [0.717, 1.165) is 16.7 Å². The normalized spacial score (nSPS) is 16.7. The Morgan fingerprint density at radius 2 is 1.89 bits per heavy atom. The van der Waals surface area contributed by atoms with Gasteiger partial charge in [0.1, 0.15) is 12.5 Å². The molecule has 2 N–H and O–H groups in total. The van der Waals surface area contributed by atoms with E-state index in [1.54, 1.807) is 26.0 Å². The lowest BCUT2D eigenvalue weighted by Crippen LogP contribution is -2.21. The molecule has 8 heteroatoms. The van der Waals surface area contributed by atoms with Crippen LogP contribution in [0.25, 0.3) is 11.1 Å². The second-order valence-corrected chi connectivity index (χ2v) is 8.11. The first-order valence-corrected chi connectivity index (χ1v) is 9.95. The number of esters is 1. The fourth-order valence-electron chi connectivity index (χ4n) is 2.63. The molecular weight excluding hydrogens is 368 g/mol. The van der Waals surface area contributed by atoms with E-state index in [-0.39, 0.29) is 35.2 Å². The van der Waals surface area contributed by atoms with Crippen molar-refractivity contribution in [2.45, 2.75) is 24.7 Å². The van der Waals surface area contributed by atoms with Gasteiger partial charge in [-0.25, -0.2) is 13.6 Å². The highest BCUT2D eigenvalue weighted by Gasteiger charge is 2.30. The molecule has 1 aliphatic rings. The molecule has 2 aromatic carbocycles. The van der Waals surface area contributed by atoms with Gasteiger partial charge < -0.3 is 9.57 Å². The lowest BCUT2D eigenvalue weighted by Gasteiger charge is -2.13. The zero-order valence-electron chi connectivity index (χ0n) is 15.0. The van der Waals surface area contributed by atoms with Crippen LogP contribution in [0.15, 0.2) is 58.6 Å².